The maximum atomic E-state index is 13.7. The predicted octanol–water partition coefficient (Wildman–Crippen LogP) is 4.85. The van der Waals surface area contributed by atoms with E-state index in [-0.39, 0.29) is 12.2 Å². The van der Waals surface area contributed by atoms with Crippen LogP contribution in [0.5, 0.6) is 5.19 Å². The Hall–Kier alpha value is -1.94. The third-order valence-corrected chi connectivity index (χ3v) is 8.17. The van der Waals surface area contributed by atoms with Crippen molar-refractivity contribution in [2.24, 2.45) is 18.9 Å². The number of ether oxygens (including phenoxy) is 1. The molecule has 4 rings (SSSR count). The summed E-state index contributed by atoms with van der Waals surface area (Å²) < 4.78 is 46.4. The van der Waals surface area contributed by atoms with E-state index in [4.69, 9.17) is 4.74 Å². The molecule has 0 N–H and O–H groups in total. The molecule has 1 saturated carbocycles. The molecule has 0 spiro atoms. The van der Waals surface area contributed by atoms with Gasteiger partial charge in [0.1, 0.15) is 5.78 Å². The van der Waals surface area contributed by atoms with E-state index >= 15 is 0 Å². The van der Waals surface area contributed by atoms with E-state index in [0.29, 0.717) is 29.0 Å². The Morgan fingerprint density at radius 1 is 1.20 bits per heavy atom. The Balaban J connectivity index is 1.14. The van der Waals surface area contributed by atoms with Gasteiger partial charge in [-0.15, -0.1) is 5.10 Å². The summed E-state index contributed by atoms with van der Waals surface area (Å²) in [5, 5.41) is 4.03. The zero-order valence-corrected chi connectivity index (χ0v) is 21.4. The lowest BCUT2D eigenvalue weighted by Gasteiger charge is -2.30. The molecule has 0 aromatic carbocycles. The fraction of sp³-hybridized carbons (Fsp3) is 0.720. The third kappa shape index (κ3) is 7.77. The number of fused-ring (bicyclic) bond motifs is 1. The molecule has 0 bridgehead atoms. The van der Waals surface area contributed by atoms with Gasteiger partial charge in [0, 0.05) is 63.0 Å². The number of ketones is 1. The van der Waals surface area contributed by atoms with Crippen LogP contribution in [0.1, 0.15) is 61.6 Å². The first-order valence-corrected chi connectivity index (χ1v) is 13.4. The molecular formula is C25H35F3N4O2S. The van der Waals surface area contributed by atoms with E-state index in [0.717, 1.165) is 82.1 Å². The number of nitrogens with zero attached hydrogens (tertiary/aromatic N) is 4. The van der Waals surface area contributed by atoms with Crippen LogP contribution in [-0.4, -0.2) is 57.6 Å². The highest BCUT2D eigenvalue weighted by Crippen LogP contribution is 2.34. The van der Waals surface area contributed by atoms with Gasteiger partial charge in [0.2, 0.25) is 5.95 Å². The summed E-state index contributed by atoms with van der Waals surface area (Å²) in [6.07, 6.45) is 9.52. The molecule has 2 aliphatic rings. The number of hydrogen-bond acceptors (Lipinski definition) is 6. The number of rotatable bonds is 10. The van der Waals surface area contributed by atoms with Crippen molar-refractivity contribution in [1.82, 2.24) is 19.7 Å². The maximum Gasteiger partial charge on any atom is 0.278 e. The normalized spacial score (nSPS) is 21.5. The average molecular weight is 513 g/mol. The molecule has 0 atom stereocenters. The first-order chi connectivity index (χ1) is 16.6. The van der Waals surface area contributed by atoms with Crippen molar-refractivity contribution < 1.29 is 22.7 Å². The number of halogens is 3. The van der Waals surface area contributed by atoms with E-state index in [9.17, 15) is 18.0 Å². The van der Waals surface area contributed by atoms with E-state index in [1.54, 1.807) is 13.2 Å². The Morgan fingerprint density at radius 3 is 2.60 bits per heavy atom. The number of carbonyl (C=O) groups excluding carboxylic acids is 1. The van der Waals surface area contributed by atoms with Crippen LogP contribution in [0.15, 0.2) is 6.20 Å². The second-order valence-electron chi connectivity index (χ2n) is 10.3. The number of aromatic nitrogens is 3. The second-order valence-corrected chi connectivity index (χ2v) is 11.3. The summed E-state index contributed by atoms with van der Waals surface area (Å²) in [5.74, 6) is -2.21. The van der Waals surface area contributed by atoms with Gasteiger partial charge in [-0.1, -0.05) is 24.2 Å². The van der Waals surface area contributed by atoms with Gasteiger partial charge in [-0.25, -0.2) is 13.8 Å². The molecule has 6 nitrogen and oxygen atoms in total. The van der Waals surface area contributed by atoms with E-state index < -0.39 is 18.5 Å². The molecule has 1 aliphatic heterocycles. The molecule has 1 aliphatic carbocycles. The average Bonchev–Trinajstić information content (AvgIpc) is 3.27. The highest BCUT2D eigenvalue weighted by Gasteiger charge is 2.26. The number of Topliss-reactive ketones (excluding diaryl/α,β-unsaturated/α-hetero) is 1. The van der Waals surface area contributed by atoms with Crippen molar-refractivity contribution in [3.05, 3.63) is 28.3 Å². The number of alkyl halides is 2. The summed E-state index contributed by atoms with van der Waals surface area (Å²) in [6.45, 7) is 3.14. The minimum absolute atomic E-state index is 0.1000. The minimum Gasteiger partial charge on any atom is -0.464 e. The van der Waals surface area contributed by atoms with Crippen molar-refractivity contribution in [3.63, 3.8) is 0 Å². The molecule has 2 aromatic heterocycles. The molecule has 0 amide bonds. The standard InChI is InChI=1S/C25H35F3N4O2S/c1-25(27,28)16-34-24-29-21-8-11-32(12-9-22(21)35-24)10-7-17-3-5-18(6-4-17)13-20(33)14-19-15-31(2)30-23(19)26/h15,17-18H,3-14,16H2,1-2H3. The van der Waals surface area contributed by atoms with Crippen LogP contribution >= 0.6 is 11.3 Å². The first kappa shape index (κ1) is 26.1. The summed E-state index contributed by atoms with van der Waals surface area (Å²) in [5.41, 5.74) is 1.38. The molecule has 10 heteroatoms. The zero-order valence-electron chi connectivity index (χ0n) is 20.6. The molecule has 35 heavy (non-hydrogen) atoms. The number of hydrogen-bond donors (Lipinski definition) is 0. The largest absolute Gasteiger partial charge is 0.464 e. The molecule has 0 saturated heterocycles. The summed E-state index contributed by atoms with van der Waals surface area (Å²) >= 11 is 1.40. The monoisotopic (exact) mass is 512 g/mol. The Bertz CT molecular complexity index is 970. The van der Waals surface area contributed by atoms with Gasteiger partial charge in [0.15, 0.2) is 6.61 Å². The molecule has 0 radical (unpaired) electrons. The van der Waals surface area contributed by atoms with E-state index in [2.05, 4.69) is 15.0 Å². The predicted molar refractivity (Wildman–Crippen MR) is 129 cm³/mol. The summed E-state index contributed by atoms with van der Waals surface area (Å²) in [4.78, 5) is 20.5. The number of aryl methyl sites for hydroxylation is 1. The molecule has 194 valence electrons. The highest BCUT2D eigenvalue weighted by atomic mass is 32.1. The van der Waals surface area contributed by atoms with E-state index in [1.165, 1.54) is 16.0 Å². The summed E-state index contributed by atoms with van der Waals surface area (Å²) in [6, 6.07) is 0. The van der Waals surface area contributed by atoms with Crippen LogP contribution in [0.3, 0.4) is 0 Å². The van der Waals surface area contributed by atoms with Crippen LogP contribution in [0, 0.1) is 17.8 Å². The fourth-order valence-electron chi connectivity index (χ4n) is 5.18. The lowest BCUT2D eigenvalue weighted by molar-refractivity contribution is -0.119. The quantitative estimate of drug-likeness (QED) is 0.456. The van der Waals surface area contributed by atoms with Gasteiger partial charge in [0.05, 0.1) is 5.69 Å². The molecule has 2 aromatic rings. The Kier molecular flexibility index (Phi) is 8.52. The van der Waals surface area contributed by atoms with Gasteiger partial charge < -0.3 is 9.64 Å². The Morgan fingerprint density at radius 2 is 1.91 bits per heavy atom. The van der Waals surface area contributed by atoms with Crippen molar-refractivity contribution in [3.8, 4) is 5.19 Å². The van der Waals surface area contributed by atoms with Crippen LogP contribution in [-0.2, 0) is 31.1 Å². The topological polar surface area (TPSA) is 60.2 Å². The summed E-state index contributed by atoms with van der Waals surface area (Å²) in [7, 11) is 1.66. The SMILES string of the molecule is Cn1cc(CC(=O)CC2CCC(CCN3CCc4nc(OCC(C)(F)F)sc4CC3)CC2)c(F)n1. The number of thiazole rings is 1. The van der Waals surface area contributed by atoms with Crippen molar-refractivity contribution in [2.45, 2.75) is 70.6 Å². The van der Waals surface area contributed by atoms with Crippen LogP contribution in [0.2, 0.25) is 0 Å². The smallest absolute Gasteiger partial charge is 0.278 e. The lowest BCUT2D eigenvalue weighted by Crippen LogP contribution is -2.30. The Labute approximate surface area is 208 Å². The lowest BCUT2D eigenvalue weighted by atomic mass is 9.78. The van der Waals surface area contributed by atoms with Crippen LogP contribution in [0.4, 0.5) is 13.2 Å². The molecule has 3 heterocycles. The van der Waals surface area contributed by atoms with Gasteiger partial charge in [-0.05, 0) is 44.1 Å². The van der Waals surface area contributed by atoms with E-state index in [1.807, 2.05) is 0 Å². The molecule has 0 unspecified atom stereocenters. The van der Waals surface area contributed by atoms with Gasteiger partial charge in [-0.2, -0.15) is 4.39 Å². The minimum atomic E-state index is -2.85. The zero-order chi connectivity index (χ0) is 25.0. The molecule has 1 fully saturated rings. The van der Waals surface area contributed by atoms with Gasteiger partial charge in [0.25, 0.3) is 11.1 Å². The fourth-order valence-corrected chi connectivity index (χ4v) is 6.13. The van der Waals surface area contributed by atoms with Gasteiger partial charge >= 0.3 is 0 Å². The van der Waals surface area contributed by atoms with Crippen molar-refractivity contribution in [1.29, 1.82) is 0 Å². The van der Waals surface area contributed by atoms with Crippen LogP contribution in [0.25, 0.3) is 0 Å². The highest BCUT2D eigenvalue weighted by molar-refractivity contribution is 7.13. The van der Waals surface area contributed by atoms with Crippen molar-refractivity contribution in [2.75, 3.05) is 26.2 Å². The third-order valence-electron chi connectivity index (χ3n) is 7.10. The molecular weight excluding hydrogens is 477 g/mol. The number of carbonyl (C=O) groups is 1. The first-order valence-electron chi connectivity index (χ1n) is 12.6. The van der Waals surface area contributed by atoms with Gasteiger partial charge in [-0.3, -0.25) is 9.48 Å². The van der Waals surface area contributed by atoms with Crippen LogP contribution < -0.4 is 4.74 Å². The van der Waals surface area contributed by atoms with Crippen molar-refractivity contribution >= 4 is 17.1 Å². The second kappa shape index (κ2) is 11.4. The maximum absolute atomic E-state index is 13.7.